The minimum Gasteiger partial charge on any atom is -0.491 e. The van der Waals surface area contributed by atoms with Crippen molar-refractivity contribution in [2.75, 3.05) is 13.2 Å². The zero-order valence-electron chi connectivity index (χ0n) is 14.3. The zero-order chi connectivity index (χ0) is 17.5. The van der Waals surface area contributed by atoms with Crippen LogP contribution in [0.15, 0.2) is 36.5 Å². The van der Waals surface area contributed by atoms with Gasteiger partial charge in [0.25, 0.3) is 5.91 Å². The summed E-state index contributed by atoms with van der Waals surface area (Å²) in [6.07, 6.45) is 6.65. The second-order valence-electron chi connectivity index (χ2n) is 6.52. The maximum absolute atomic E-state index is 12.4. The van der Waals surface area contributed by atoms with Crippen molar-refractivity contribution in [3.05, 3.63) is 47.8 Å². The van der Waals surface area contributed by atoms with Gasteiger partial charge in [-0.3, -0.25) is 9.89 Å². The van der Waals surface area contributed by atoms with E-state index in [-0.39, 0.29) is 19.1 Å². The molecule has 0 radical (unpaired) electrons. The smallest absolute Gasteiger partial charge is 0.254 e. The highest BCUT2D eigenvalue weighted by Gasteiger charge is 2.23. The molecule has 3 rings (SSSR count). The van der Waals surface area contributed by atoms with Gasteiger partial charge in [-0.2, -0.15) is 5.10 Å². The summed E-state index contributed by atoms with van der Waals surface area (Å²) in [6, 6.07) is 9.29. The molecule has 1 aliphatic rings. The van der Waals surface area contributed by atoms with Crippen LogP contribution in [0.1, 0.15) is 54.1 Å². The number of aliphatic hydroxyl groups excluding tert-OH is 1. The lowest BCUT2D eigenvalue weighted by Gasteiger charge is -2.21. The lowest BCUT2D eigenvalue weighted by atomic mass is 9.85. The normalized spacial score (nSPS) is 16.4. The number of aromatic nitrogens is 2. The van der Waals surface area contributed by atoms with Crippen molar-refractivity contribution >= 4 is 5.91 Å². The Balaban J connectivity index is 1.48. The Kier molecular flexibility index (Phi) is 6.06. The summed E-state index contributed by atoms with van der Waals surface area (Å²) < 4.78 is 5.49. The minimum absolute atomic E-state index is 0.130. The van der Waals surface area contributed by atoms with Gasteiger partial charge in [-0.25, -0.2) is 0 Å². The van der Waals surface area contributed by atoms with E-state index < -0.39 is 6.10 Å². The third-order valence-electron chi connectivity index (χ3n) is 4.61. The molecule has 0 saturated heterocycles. The summed E-state index contributed by atoms with van der Waals surface area (Å²) in [6.45, 7) is 0.270. The number of nitrogens with one attached hydrogen (secondary N) is 2. The molecule has 6 heteroatoms. The van der Waals surface area contributed by atoms with Gasteiger partial charge in [0.2, 0.25) is 0 Å². The molecule has 2 aromatic rings. The number of hydrogen-bond donors (Lipinski definition) is 3. The summed E-state index contributed by atoms with van der Waals surface area (Å²) in [7, 11) is 0. The summed E-state index contributed by atoms with van der Waals surface area (Å²) >= 11 is 0. The first-order chi connectivity index (χ1) is 12.2. The molecule has 3 N–H and O–H groups in total. The molecule has 1 fully saturated rings. The quantitative estimate of drug-likeness (QED) is 0.721. The van der Waals surface area contributed by atoms with Gasteiger partial charge in [-0.15, -0.1) is 0 Å². The molecule has 1 aromatic heterocycles. The van der Waals surface area contributed by atoms with Crippen molar-refractivity contribution in [1.82, 2.24) is 15.5 Å². The predicted octanol–water partition coefficient (Wildman–Crippen LogP) is 2.63. The Labute approximate surface area is 147 Å². The van der Waals surface area contributed by atoms with Gasteiger partial charge < -0.3 is 15.2 Å². The van der Waals surface area contributed by atoms with Gasteiger partial charge in [0.1, 0.15) is 18.5 Å². The molecule has 1 aliphatic carbocycles. The number of aliphatic hydroxyl groups is 1. The molecule has 25 heavy (non-hydrogen) atoms. The van der Waals surface area contributed by atoms with Crippen molar-refractivity contribution in [2.45, 2.75) is 44.1 Å². The monoisotopic (exact) mass is 343 g/mol. The van der Waals surface area contributed by atoms with Crippen LogP contribution < -0.4 is 10.1 Å². The Bertz CT molecular complexity index is 666. The third kappa shape index (κ3) is 4.82. The molecule has 1 atom stereocenters. The topological polar surface area (TPSA) is 87.2 Å². The molecule has 1 amide bonds. The lowest BCUT2D eigenvalue weighted by Crippen LogP contribution is -2.35. The van der Waals surface area contributed by atoms with Crippen LogP contribution in [0.5, 0.6) is 5.75 Å². The number of para-hydroxylation sites is 1. The maximum Gasteiger partial charge on any atom is 0.254 e. The van der Waals surface area contributed by atoms with Crippen LogP contribution in [0.4, 0.5) is 0 Å². The van der Waals surface area contributed by atoms with Crippen molar-refractivity contribution in [1.29, 1.82) is 0 Å². The first kappa shape index (κ1) is 17.5. The first-order valence-corrected chi connectivity index (χ1v) is 8.91. The van der Waals surface area contributed by atoms with E-state index in [2.05, 4.69) is 15.5 Å². The average Bonchev–Trinajstić information content (AvgIpc) is 3.16. The van der Waals surface area contributed by atoms with Gasteiger partial charge in [0.15, 0.2) is 0 Å². The number of ether oxygens (including phenoxy) is 1. The zero-order valence-corrected chi connectivity index (χ0v) is 14.3. The molecule has 1 heterocycles. The molecule has 0 spiro atoms. The van der Waals surface area contributed by atoms with Crippen LogP contribution in [-0.2, 0) is 0 Å². The molecule has 0 bridgehead atoms. The third-order valence-corrected chi connectivity index (χ3v) is 4.61. The second-order valence-corrected chi connectivity index (χ2v) is 6.52. The molecule has 1 aromatic carbocycles. The highest BCUT2D eigenvalue weighted by molar-refractivity contribution is 5.95. The molecule has 1 saturated carbocycles. The van der Waals surface area contributed by atoms with Crippen molar-refractivity contribution < 1.29 is 14.6 Å². The minimum atomic E-state index is -0.769. The van der Waals surface area contributed by atoms with E-state index in [1.165, 1.54) is 19.3 Å². The van der Waals surface area contributed by atoms with Gasteiger partial charge in [-0.05, 0) is 25.0 Å². The van der Waals surface area contributed by atoms with Crippen LogP contribution in [0.2, 0.25) is 0 Å². The summed E-state index contributed by atoms with van der Waals surface area (Å²) in [4.78, 5) is 12.4. The van der Waals surface area contributed by atoms with Gasteiger partial charge in [0, 0.05) is 12.5 Å². The summed E-state index contributed by atoms with van der Waals surface area (Å²) in [5.74, 6) is 0.874. The number of rotatable bonds is 7. The van der Waals surface area contributed by atoms with Crippen LogP contribution in [0, 0.1) is 0 Å². The number of hydrogen-bond acceptors (Lipinski definition) is 4. The molecule has 134 valence electrons. The highest BCUT2D eigenvalue weighted by atomic mass is 16.5. The van der Waals surface area contributed by atoms with Crippen LogP contribution >= 0.6 is 0 Å². The first-order valence-electron chi connectivity index (χ1n) is 8.91. The Hall–Kier alpha value is -2.34. The van der Waals surface area contributed by atoms with E-state index in [1.54, 1.807) is 6.20 Å². The molecular weight excluding hydrogens is 318 g/mol. The molecule has 1 unspecified atom stereocenters. The van der Waals surface area contributed by atoms with E-state index in [0.29, 0.717) is 17.2 Å². The van der Waals surface area contributed by atoms with E-state index in [1.807, 2.05) is 30.3 Å². The number of benzene rings is 1. The van der Waals surface area contributed by atoms with E-state index in [0.717, 1.165) is 18.5 Å². The van der Waals surface area contributed by atoms with Gasteiger partial charge in [0.05, 0.1) is 17.5 Å². The number of nitrogens with zero attached hydrogens (tertiary/aromatic N) is 1. The lowest BCUT2D eigenvalue weighted by molar-refractivity contribution is 0.0842. The van der Waals surface area contributed by atoms with Crippen molar-refractivity contribution in [3.8, 4) is 5.75 Å². The van der Waals surface area contributed by atoms with Crippen LogP contribution in [-0.4, -0.2) is 40.5 Å². The predicted molar refractivity (Wildman–Crippen MR) is 94.7 cm³/mol. The van der Waals surface area contributed by atoms with Crippen LogP contribution in [0.3, 0.4) is 0 Å². The molecule has 6 nitrogen and oxygen atoms in total. The van der Waals surface area contributed by atoms with Crippen LogP contribution in [0.25, 0.3) is 0 Å². The Morgan fingerprint density at radius 2 is 2.04 bits per heavy atom. The molecule has 0 aliphatic heterocycles. The fourth-order valence-corrected chi connectivity index (χ4v) is 3.25. The van der Waals surface area contributed by atoms with E-state index in [4.69, 9.17) is 4.74 Å². The number of amides is 1. The summed E-state index contributed by atoms with van der Waals surface area (Å²) in [5.41, 5.74) is 1.51. The van der Waals surface area contributed by atoms with Crippen molar-refractivity contribution in [2.24, 2.45) is 0 Å². The fourth-order valence-electron chi connectivity index (χ4n) is 3.25. The van der Waals surface area contributed by atoms with Gasteiger partial charge in [-0.1, -0.05) is 37.5 Å². The highest BCUT2D eigenvalue weighted by Crippen LogP contribution is 2.33. The van der Waals surface area contributed by atoms with E-state index >= 15 is 0 Å². The SMILES string of the molecule is O=C(NCC(O)COc1ccccc1)c1cn[nH]c1C1CCCCC1. The number of carbonyl (C=O) groups is 1. The number of aromatic amines is 1. The van der Waals surface area contributed by atoms with Gasteiger partial charge >= 0.3 is 0 Å². The standard InChI is InChI=1S/C19H25N3O3/c23-15(13-25-16-9-5-2-6-10-16)11-20-19(24)17-12-21-22-18(17)14-7-3-1-4-8-14/h2,5-6,9-10,12,14-15,23H,1,3-4,7-8,11,13H2,(H,20,24)(H,21,22). The van der Waals surface area contributed by atoms with Crippen molar-refractivity contribution in [3.63, 3.8) is 0 Å². The Morgan fingerprint density at radius 1 is 1.28 bits per heavy atom. The number of carbonyl (C=O) groups excluding carboxylic acids is 1. The summed E-state index contributed by atoms with van der Waals surface area (Å²) in [5, 5.41) is 19.8. The Morgan fingerprint density at radius 3 is 2.80 bits per heavy atom. The largest absolute Gasteiger partial charge is 0.491 e. The van der Waals surface area contributed by atoms with E-state index in [9.17, 15) is 9.90 Å². The average molecular weight is 343 g/mol. The maximum atomic E-state index is 12.4. The second kappa shape index (κ2) is 8.67. The molecular formula is C19H25N3O3. The fraction of sp³-hybridized carbons (Fsp3) is 0.474. The number of H-pyrrole nitrogens is 1.